The Bertz CT molecular complexity index is 764. The summed E-state index contributed by atoms with van der Waals surface area (Å²) >= 11 is 18.2. The van der Waals surface area contributed by atoms with E-state index in [0.29, 0.717) is 37.0 Å². The average molecular weight is 387 g/mol. The predicted octanol–water partition coefficient (Wildman–Crippen LogP) is 4.13. The topological polar surface area (TPSA) is 54.5 Å². The molecule has 24 heavy (non-hydrogen) atoms. The molecule has 1 fully saturated rings. The maximum atomic E-state index is 12.5. The third-order valence-electron chi connectivity index (χ3n) is 3.59. The summed E-state index contributed by atoms with van der Waals surface area (Å²) in [5.74, 6) is -0.445. The van der Waals surface area contributed by atoms with Gasteiger partial charge in [-0.1, -0.05) is 40.9 Å². The number of halogens is 3. The van der Waals surface area contributed by atoms with Crippen LogP contribution in [0.2, 0.25) is 15.2 Å². The lowest BCUT2D eigenvalue weighted by Crippen LogP contribution is -2.37. The first kappa shape index (κ1) is 17.3. The van der Waals surface area contributed by atoms with Crippen molar-refractivity contribution in [1.82, 2.24) is 4.98 Å². The van der Waals surface area contributed by atoms with E-state index >= 15 is 0 Å². The molecule has 0 unspecified atom stereocenters. The van der Waals surface area contributed by atoms with Gasteiger partial charge < -0.3 is 15.0 Å². The second-order valence-corrected chi connectivity index (χ2v) is 6.36. The molecule has 0 radical (unpaired) electrons. The number of para-hydroxylation sites is 1. The van der Waals surface area contributed by atoms with Gasteiger partial charge >= 0.3 is 0 Å². The first-order chi connectivity index (χ1) is 11.6. The first-order valence-corrected chi connectivity index (χ1v) is 8.44. The monoisotopic (exact) mass is 385 g/mol. The number of carbonyl (C=O) groups excluding carboxylic acids is 1. The number of ether oxygens (including phenoxy) is 1. The summed E-state index contributed by atoms with van der Waals surface area (Å²) in [7, 11) is 0. The van der Waals surface area contributed by atoms with Crippen LogP contribution in [0.5, 0.6) is 0 Å². The van der Waals surface area contributed by atoms with Gasteiger partial charge in [0.15, 0.2) is 0 Å². The van der Waals surface area contributed by atoms with E-state index in [0.717, 1.165) is 5.69 Å². The molecule has 8 heteroatoms. The van der Waals surface area contributed by atoms with Gasteiger partial charge in [-0.3, -0.25) is 4.79 Å². The molecule has 126 valence electrons. The van der Waals surface area contributed by atoms with Crippen molar-refractivity contribution in [3.8, 4) is 0 Å². The summed E-state index contributed by atoms with van der Waals surface area (Å²) in [5.41, 5.74) is 1.42. The summed E-state index contributed by atoms with van der Waals surface area (Å²) in [5, 5.41) is 3.80. The Morgan fingerprint density at radius 2 is 1.83 bits per heavy atom. The molecule has 2 heterocycles. The molecule has 0 saturated carbocycles. The van der Waals surface area contributed by atoms with E-state index in [2.05, 4.69) is 15.2 Å². The number of hydrogen-bond donors (Lipinski definition) is 1. The van der Waals surface area contributed by atoms with E-state index in [1.54, 1.807) is 18.2 Å². The number of pyridine rings is 1. The third-order valence-corrected chi connectivity index (χ3v) is 4.41. The molecule has 0 spiro atoms. The highest BCUT2D eigenvalue weighted by atomic mass is 35.5. The molecular formula is C16H14Cl3N3O2. The number of nitrogens with zero attached hydrogens (tertiary/aromatic N) is 2. The maximum absolute atomic E-state index is 12.5. The Labute approximate surface area is 154 Å². The van der Waals surface area contributed by atoms with Crippen molar-refractivity contribution < 1.29 is 9.53 Å². The quantitative estimate of drug-likeness (QED) is 0.806. The Balaban J connectivity index is 1.91. The van der Waals surface area contributed by atoms with Crippen LogP contribution in [0.3, 0.4) is 0 Å². The molecule has 1 aromatic carbocycles. The van der Waals surface area contributed by atoms with Gasteiger partial charge in [0.1, 0.15) is 10.8 Å². The van der Waals surface area contributed by atoms with Crippen LogP contribution >= 0.6 is 34.8 Å². The number of anilines is 2. The van der Waals surface area contributed by atoms with Crippen LogP contribution in [-0.2, 0) is 4.74 Å². The molecule has 0 atom stereocenters. The van der Waals surface area contributed by atoms with E-state index in [9.17, 15) is 4.79 Å². The zero-order chi connectivity index (χ0) is 17.1. The largest absolute Gasteiger partial charge is 0.378 e. The van der Waals surface area contributed by atoms with Crippen molar-refractivity contribution in [2.24, 2.45) is 0 Å². The zero-order valence-corrected chi connectivity index (χ0v) is 14.8. The van der Waals surface area contributed by atoms with Crippen molar-refractivity contribution in [3.05, 3.63) is 51.2 Å². The summed E-state index contributed by atoms with van der Waals surface area (Å²) < 4.78 is 5.37. The van der Waals surface area contributed by atoms with Gasteiger partial charge in [0.05, 0.1) is 34.6 Å². The minimum atomic E-state index is -0.445. The molecule has 1 saturated heterocycles. The van der Waals surface area contributed by atoms with Gasteiger partial charge in [-0.15, -0.1) is 0 Å². The summed E-state index contributed by atoms with van der Waals surface area (Å²) in [4.78, 5) is 18.6. The lowest BCUT2D eigenvalue weighted by Gasteiger charge is -2.31. The van der Waals surface area contributed by atoms with E-state index in [1.165, 1.54) is 12.1 Å². The SMILES string of the molecule is O=C(Nc1cccc(Cl)c1N1CCOCC1)c1nc(Cl)ccc1Cl. The number of nitrogens with one attached hydrogen (secondary N) is 1. The fraction of sp³-hybridized carbons (Fsp3) is 0.250. The van der Waals surface area contributed by atoms with Crippen LogP contribution < -0.4 is 10.2 Å². The Morgan fingerprint density at radius 3 is 2.58 bits per heavy atom. The van der Waals surface area contributed by atoms with Crippen LogP contribution in [0.15, 0.2) is 30.3 Å². The van der Waals surface area contributed by atoms with E-state index in [4.69, 9.17) is 39.5 Å². The summed E-state index contributed by atoms with van der Waals surface area (Å²) in [6, 6.07) is 8.40. The van der Waals surface area contributed by atoms with Crippen LogP contribution in [0.25, 0.3) is 0 Å². The van der Waals surface area contributed by atoms with Crippen LogP contribution in [0, 0.1) is 0 Å². The van der Waals surface area contributed by atoms with Crippen LogP contribution in [-0.4, -0.2) is 37.2 Å². The van der Waals surface area contributed by atoms with Gasteiger partial charge in [-0.05, 0) is 24.3 Å². The van der Waals surface area contributed by atoms with Gasteiger partial charge in [0.2, 0.25) is 0 Å². The molecule has 5 nitrogen and oxygen atoms in total. The second-order valence-electron chi connectivity index (χ2n) is 5.15. The van der Waals surface area contributed by atoms with Gasteiger partial charge in [0.25, 0.3) is 5.91 Å². The predicted molar refractivity (Wildman–Crippen MR) is 96.7 cm³/mol. The highest BCUT2D eigenvalue weighted by Crippen LogP contribution is 2.35. The fourth-order valence-corrected chi connectivity index (χ4v) is 3.12. The Hall–Kier alpha value is -1.53. The van der Waals surface area contributed by atoms with Crippen molar-refractivity contribution in [1.29, 1.82) is 0 Å². The number of aromatic nitrogens is 1. The minimum Gasteiger partial charge on any atom is -0.378 e. The van der Waals surface area contributed by atoms with Crippen LogP contribution in [0.1, 0.15) is 10.5 Å². The molecule has 0 bridgehead atoms. The molecule has 1 aliphatic heterocycles. The first-order valence-electron chi connectivity index (χ1n) is 7.31. The lowest BCUT2D eigenvalue weighted by atomic mass is 10.2. The van der Waals surface area contributed by atoms with E-state index in [-0.39, 0.29) is 15.9 Å². The van der Waals surface area contributed by atoms with Crippen molar-refractivity contribution in [2.45, 2.75) is 0 Å². The highest BCUT2D eigenvalue weighted by molar-refractivity contribution is 6.36. The molecule has 3 rings (SSSR count). The van der Waals surface area contributed by atoms with Crippen molar-refractivity contribution in [3.63, 3.8) is 0 Å². The number of hydrogen-bond acceptors (Lipinski definition) is 4. The highest BCUT2D eigenvalue weighted by Gasteiger charge is 2.20. The van der Waals surface area contributed by atoms with E-state index in [1.807, 2.05) is 0 Å². The van der Waals surface area contributed by atoms with Crippen molar-refractivity contribution >= 4 is 52.1 Å². The third kappa shape index (κ3) is 3.75. The fourth-order valence-electron chi connectivity index (χ4n) is 2.48. The molecule has 1 aromatic heterocycles. The Kier molecular flexibility index (Phi) is 5.46. The van der Waals surface area contributed by atoms with Crippen molar-refractivity contribution in [2.75, 3.05) is 36.5 Å². The number of amides is 1. The standard InChI is InChI=1S/C16H14Cl3N3O2/c17-10-4-5-13(19)21-14(10)16(23)20-12-3-1-2-11(18)15(12)22-6-8-24-9-7-22/h1-5H,6-9H2,(H,20,23). The number of carbonyl (C=O) groups is 1. The summed E-state index contributed by atoms with van der Waals surface area (Å²) in [6.45, 7) is 2.62. The molecule has 0 aliphatic carbocycles. The normalized spacial score (nSPS) is 14.5. The smallest absolute Gasteiger partial charge is 0.275 e. The van der Waals surface area contributed by atoms with E-state index < -0.39 is 5.91 Å². The zero-order valence-electron chi connectivity index (χ0n) is 12.6. The van der Waals surface area contributed by atoms with Gasteiger partial charge in [-0.2, -0.15) is 0 Å². The number of benzene rings is 1. The number of rotatable bonds is 3. The summed E-state index contributed by atoms with van der Waals surface area (Å²) in [6.07, 6.45) is 0. The van der Waals surface area contributed by atoms with Crippen LogP contribution in [0.4, 0.5) is 11.4 Å². The molecule has 1 aliphatic rings. The second kappa shape index (κ2) is 7.57. The minimum absolute atomic E-state index is 0.0667. The lowest BCUT2D eigenvalue weighted by molar-refractivity contribution is 0.102. The molecular weight excluding hydrogens is 373 g/mol. The van der Waals surface area contributed by atoms with Gasteiger partial charge in [0, 0.05) is 13.1 Å². The molecule has 1 N–H and O–H groups in total. The average Bonchev–Trinajstić information content (AvgIpc) is 2.58. The Morgan fingerprint density at radius 1 is 1.08 bits per heavy atom. The molecule has 2 aromatic rings. The van der Waals surface area contributed by atoms with Gasteiger partial charge in [-0.25, -0.2) is 4.98 Å². The number of morpholine rings is 1. The maximum Gasteiger partial charge on any atom is 0.275 e. The molecule has 1 amide bonds.